The first-order valence-corrected chi connectivity index (χ1v) is 6.68. The van der Waals surface area contributed by atoms with Gasteiger partial charge in [-0.3, -0.25) is 0 Å². The quantitative estimate of drug-likeness (QED) is 0.843. The van der Waals surface area contributed by atoms with Gasteiger partial charge in [0.1, 0.15) is 0 Å². The minimum atomic E-state index is 0.440. The summed E-state index contributed by atoms with van der Waals surface area (Å²) in [7, 11) is 0. The summed E-state index contributed by atoms with van der Waals surface area (Å²) < 4.78 is 1.06. The van der Waals surface area contributed by atoms with Crippen LogP contribution in [0, 0.1) is 0 Å². The van der Waals surface area contributed by atoms with Crippen molar-refractivity contribution in [1.29, 1.82) is 0 Å². The molecule has 1 unspecified atom stereocenters. The van der Waals surface area contributed by atoms with Crippen LogP contribution in [0.2, 0.25) is 5.02 Å². The summed E-state index contributed by atoms with van der Waals surface area (Å²) in [4.78, 5) is 0. The third kappa shape index (κ3) is 4.83. The van der Waals surface area contributed by atoms with E-state index in [9.17, 15) is 0 Å². The van der Waals surface area contributed by atoms with E-state index in [2.05, 4.69) is 46.5 Å². The summed E-state index contributed by atoms with van der Waals surface area (Å²) in [6.45, 7) is 7.04. The fraction of sp³-hybridized carbons (Fsp3) is 0.500. The number of benzene rings is 1. The van der Waals surface area contributed by atoms with E-state index in [0.29, 0.717) is 6.04 Å². The van der Waals surface area contributed by atoms with Gasteiger partial charge >= 0.3 is 0 Å². The molecule has 4 heteroatoms. The molecule has 1 rings (SSSR count). The molecule has 1 aromatic carbocycles. The van der Waals surface area contributed by atoms with Crippen LogP contribution in [0.15, 0.2) is 22.7 Å². The van der Waals surface area contributed by atoms with Crippen molar-refractivity contribution in [1.82, 2.24) is 10.6 Å². The lowest BCUT2D eigenvalue weighted by molar-refractivity contribution is 0.509. The van der Waals surface area contributed by atoms with Crippen LogP contribution in [0.3, 0.4) is 0 Å². The van der Waals surface area contributed by atoms with Crippen LogP contribution in [0.25, 0.3) is 0 Å². The van der Waals surface area contributed by atoms with E-state index in [4.69, 9.17) is 11.6 Å². The van der Waals surface area contributed by atoms with Gasteiger partial charge in [-0.05, 0) is 37.2 Å². The van der Waals surface area contributed by atoms with Crippen LogP contribution in [-0.2, 0) is 6.54 Å². The Kier molecular flexibility index (Phi) is 6.36. The van der Waals surface area contributed by atoms with Crippen molar-refractivity contribution in [3.63, 3.8) is 0 Å². The Morgan fingerprint density at radius 3 is 2.88 bits per heavy atom. The van der Waals surface area contributed by atoms with Crippen molar-refractivity contribution in [2.45, 2.75) is 26.4 Å². The van der Waals surface area contributed by atoms with E-state index in [0.717, 1.165) is 34.7 Å². The van der Waals surface area contributed by atoms with Gasteiger partial charge in [0, 0.05) is 28.6 Å². The first-order valence-electron chi connectivity index (χ1n) is 5.51. The first kappa shape index (κ1) is 14.0. The van der Waals surface area contributed by atoms with Gasteiger partial charge in [0.15, 0.2) is 0 Å². The maximum atomic E-state index is 6.11. The third-order valence-corrected chi connectivity index (χ3v) is 3.21. The SMILES string of the molecule is CCNCC(C)NCc1cc(Br)ccc1Cl. The molecule has 0 saturated carbocycles. The lowest BCUT2D eigenvalue weighted by Crippen LogP contribution is -2.35. The molecule has 0 aromatic heterocycles. The Morgan fingerprint density at radius 2 is 2.19 bits per heavy atom. The summed E-state index contributed by atoms with van der Waals surface area (Å²) in [6.07, 6.45) is 0. The molecular formula is C12H18BrClN2. The third-order valence-electron chi connectivity index (χ3n) is 2.35. The lowest BCUT2D eigenvalue weighted by Gasteiger charge is -2.14. The van der Waals surface area contributed by atoms with Crippen molar-refractivity contribution in [2.24, 2.45) is 0 Å². The number of hydrogen-bond donors (Lipinski definition) is 2. The van der Waals surface area contributed by atoms with Crippen LogP contribution in [0.1, 0.15) is 19.4 Å². The van der Waals surface area contributed by atoms with Gasteiger partial charge in [0.25, 0.3) is 0 Å². The van der Waals surface area contributed by atoms with Crippen LogP contribution in [0.4, 0.5) is 0 Å². The molecule has 0 heterocycles. The second-order valence-electron chi connectivity index (χ2n) is 3.83. The number of hydrogen-bond acceptors (Lipinski definition) is 2. The van der Waals surface area contributed by atoms with Crippen LogP contribution in [-0.4, -0.2) is 19.1 Å². The topological polar surface area (TPSA) is 24.1 Å². The van der Waals surface area contributed by atoms with Gasteiger partial charge in [-0.2, -0.15) is 0 Å². The largest absolute Gasteiger partial charge is 0.315 e. The highest BCUT2D eigenvalue weighted by atomic mass is 79.9. The van der Waals surface area contributed by atoms with E-state index in [1.807, 2.05) is 12.1 Å². The molecule has 0 spiro atoms. The highest BCUT2D eigenvalue weighted by molar-refractivity contribution is 9.10. The van der Waals surface area contributed by atoms with E-state index in [-0.39, 0.29) is 0 Å². The molecule has 1 atom stereocenters. The second-order valence-corrected chi connectivity index (χ2v) is 5.15. The summed E-state index contributed by atoms with van der Waals surface area (Å²) >= 11 is 9.55. The zero-order valence-electron chi connectivity index (χ0n) is 9.69. The van der Waals surface area contributed by atoms with Crippen LogP contribution >= 0.6 is 27.5 Å². The van der Waals surface area contributed by atoms with Crippen molar-refractivity contribution in [3.8, 4) is 0 Å². The smallest absolute Gasteiger partial charge is 0.0451 e. The molecule has 16 heavy (non-hydrogen) atoms. The molecule has 0 amide bonds. The maximum Gasteiger partial charge on any atom is 0.0451 e. The first-order chi connectivity index (χ1) is 7.63. The second kappa shape index (κ2) is 7.28. The van der Waals surface area contributed by atoms with Gasteiger partial charge in [-0.25, -0.2) is 0 Å². The number of halogens is 2. The molecular weight excluding hydrogens is 288 g/mol. The number of nitrogens with one attached hydrogen (secondary N) is 2. The van der Waals surface area contributed by atoms with E-state index in [1.54, 1.807) is 0 Å². The molecule has 2 nitrogen and oxygen atoms in total. The molecule has 0 aliphatic carbocycles. The van der Waals surface area contributed by atoms with Crippen molar-refractivity contribution in [2.75, 3.05) is 13.1 Å². The maximum absolute atomic E-state index is 6.11. The van der Waals surface area contributed by atoms with Crippen molar-refractivity contribution < 1.29 is 0 Å². The van der Waals surface area contributed by atoms with Gasteiger partial charge < -0.3 is 10.6 Å². The van der Waals surface area contributed by atoms with Crippen molar-refractivity contribution >= 4 is 27.5 Å². The lowest BCUT2D eigenvalue weighted by atomic mass is 10.2. The minimum Gasteiger partial charge on any atom is -0.315 e. The van der Waals surface area contributed by atoms with Gasteiger partial charge in [-0.15, -0.1) is 0 Å². The Bertz CT molecular complexity index is 331. The summed E-state index contributed by atoms with van der Waals surface area (Å²) in [6, 6.07) is 6.36. The molecule has 0 bridgehead atoms. The summed E-state index contributed by atoms with van der Waals surface area (Å²) in [5.74, 6) is 0. The van der Waals surface area contributed by atoms with Crippen LogP contribution in [0.5, 0.6) is 0 Å². The average molecular weight is 306 g/mol. The molecule has 90 valence electrons. The predicted molar refractivity (Wildman–Crippen MR) is 74.0 cm³/mol. The fourth-order valence-corrected chi connectivity index (χ4v) is 1.99. The Balaban J connectivity index is 2.44. The zero-order chi connectivity index (χ0) is 12.0. The minimum absolute atomic E-state index is 0.440. The molecule has 0 aliphatic rings. The normalized spacial score (nSPS) is 12.8. The molecule has 0 saturated heterocycles. The summed E-state index contributed by atoms with van der Waals surface area (Å²) in [5.41, 5.74) is 1.12. The van der Waals surface area contributed by atoms with Gasteiger partial charge in [0.2, 0.25) is 0 Å². The molecule has 0 fully saturated rings. The molecule has 2 N–H and O–H groups in total. The fourth-order valence-electron chi connectivity index (χ4n) is 1.40. The van der Waals surface area contributed by atoms with Gasteiger partial charge in [-0.1, -0.05) is 34.5 Å². The van der Waals surface area contributed by atoms with Crippen LogP contribution < -0.4 is 10.6 Å². The number of likely N-dealkylation sites (N-methyl/N-ethyl adjacent to an activating group) is 1. The molecule has 0 aliphatic heterocycles. The predicted octanol–water partition coefficient (Wildman–Crippen LogP) is 3.19. The Labute approximate surface area is 111 Å². The van der Waals surface area contributed by atoms with Gasteiger partial charge in [0.05, 0.1) is 0 Å². The molecule has 1 aromatic rings. The highest BCUT2D eigenvalue weighted by Gasteiger charge is 2.04. The van der Waals surface area contributed by atoms with Crippen molar-refractivity contribution in [3.05, 3.63) is 33.3 Å². The standard InChI is InChI=1S/C12H18BrClN2/c1-3-15-7-9(2)16-8-10-6-11(13)4-5-12(10)14/h4-6,9,15-16H,3,7-8H2,1-2H3. The van der Waals surface area contributed by atoms with E-state index in [1.165, 1.54) is 0 Å². The Hall–Kier alpha value is -0.0900. The average Bonchev–Trinajstić information content (AvgIpc) is 2.27. The zero-order valence-corrected chi connectivity index (χ0v) is 12.0. The number of rotatable bonds is 6. The monoisotopic (exact) mass is 304 g/mol. The van der Waals surface area contributed by atoms with E-state index < -0.39 is 0 Å². The highest BCUT2D eigenvalue weighted by Crippen LogP contribution is 2.20. The summed E-state index contributed by atoms with van der Waals surface area (Å²) in [5, 5.41) is 7.55. The van der Waals surface area contributed by atoms with E-state index >= 15 is 0 Å². The molecule has 0 radical (unpaired) electrons. The Morgan fingerprint density at radius 1 is 1.44 bits per heavy atom.